The van der Waals surface area contributed by atoms with Gasteiger partial charge in [0.2, 0.25) is 5.91 Å². The molecule has 27 heavy (non-hydrogen) atoms. The predicted molar refractivity (Wildman–Crippen MR) is 110 cm³/mol. The Hall–Kier alpha value is -2.73. The number of aryl methyl sites for hydroxylation is 2. The standard InChI is InChI=1S/C21H23N3O2S/c1-12(2)17(22-19(25)15-9-5-7-13(3)11-15)20(26)24-21-23-18-14(4)8-6-10-16(18)27-21/h5-12,17H,1-4H3,(H,22,25)(H,23,24,26)/t17-/m0/s1. The van der Waals surface area contributed by atoms with Gasteiger partial charge in [-0.3, -0.25) is 9.59 Å². The van der Waals surface area contributed by atoms with Crippen LogP contribution in [0.3, 0.4) is 0 Å². The molecule has 5 nitrogen and oxygen atoms in total. The largest absolute Gasteiger partial charge is 0.340 e. The topological polar surface area (TPSA) is 71.1 Å². The van der Waals surface area contributed by atoms with Crippen LogP contribution in [0, 0.1) is 19.8 Å². The van der Waals surface area contributed by atoms with Gasteiger partial charge in [0.25, 0.3) is 5.91 Å². The zero-order chi connectivity index (χ0) is 19.6. The van der Waals surface area contributed by atoms with Crippen molar-refractivity contribution in [3.8, 4) is 0 Å². The Labute approximate surface area is 162 Å². The van der Waals surface area contributed by atoms with Crippen molar-refractivity contribution < 1.29 is 9.59 Å². The van der Waals surface area contributed by atoms with Crippen molar-refractivity contribution in [2.24, 2.45) is 5.92 Å². The number of para-hydroxylation sites is 1. The molecule has 0 aliphatic carbocycles. The molecule has 2 N–H and O–H groups in total. The van der Waals surface area contributed by atoms with E-state index in [1.54, 1.807) is 12.1 Å². The summed E-state index contributed by atoms with van der Waals surface area (Å²) in [5, 5.41) is 6.25. The number of thiazole rings is 1. The van der Waals surface area contributed by atoms with Crippen LogP contribution in [-0.4, -0.2) is 22.8 Å². The summed E-state index contributed by atoms with van der Waals surface area (Å²) in [6, 6.07) is 12.6. The zero-order valence-corrected chi connectivity index (χ0v) is 16.7. The molecular formula is C21H23N3O2S. The molecule has 2 amide bonds. The van der Waals surface area contributed by atoms with Crippen molar-refractivity contribution in [1.29, 1.82) is 0 Å². The normalized spacial score (nSPS) is 12.2. The smallest absolute Gasteiger partial charge is 0.251 e. The van der Waals surface area contributed by atoms with E-state index in [1.807, 2.05) is 58.0 Å². The van der Waals surface area contributed by atoms with Crippen molar-refractivity contribution in [2.75, 3.05) is 5.32 Å². The quantitative estimate of drug-likeness (QED) is 0.692. The molecule has 1 aromatic heterocycles. The summed E-state index contributed by atoms with van der Waals surface area (Å²) in [6.07, 6.45) is 0. The number of rotatable bonds is 5. The number of hydrogen-bond donors (Lipinski definition) is 2. The monoisotopic (exact) mass is 381 g/mol. The summed E-state index contributed by atoms with van der Waals surface area (Å²) in [5.41, 5.74) is 3.50. The highest BCUT2D eigenvalue weighted by Gasteiger charge is 2.25. The summed E-state index contributed by atoms with van der Waals surface area (Å²) in [7, 11) is 0. The third kappa shape index (κ3) is 4.34. The molecule has 140 valence electrons. The second-order valence-corrected chi connectivity index (χ2v) is 8.03. The van der Waals surface area contributed by atoms with Crippen molar-refractivity contribution in [1.82, 2.24) is 10.3 Å². The molecule has 0 unspecified atom stereocenters. The van der Waals surface area contributed by atoms with E-state index in [4.69, 9.17) is 0 Å². The van der Waals surface area contributed by atoms with Crippen molar-refractivity contribution in [2.45, 2.75) is 33.7 Å². The first-order chi connectivity index (χ1) is 12.8. The molecule has 0 bridgehead atoms. The fraction of sp³-hybridized carbons (Fsp3) is 0.286. The number of carbonyl (C=O) groups excluding carboxylic acids is 2. The van der Waals surface area contributed by atoms with Crippen LogP contribution in [0.4, 0.5) is 5.13 Å². The Balaban J connectivity index is 1.76. The van der Waals surface area contributed by atoms with Crippen molar-refractivity contribution in [3.05, 3.63) is 59.2 Å². The van der Waals surface area contributed by atoms with Gasteiger partial charge < -0.3 is 10.6 Å². The Morgan fingerprint density at radius 2 is 1.81 bits per heavy atom. The van der Waals surface area contributed by atoms with Crippen molar-refractivity contribution in [3.63, 3.8) is 0 Å². The zero-order valence-electron chi connectivity index (χ0n) is 15.9. The highest BCUT2D eigenvalue weighted by atomic mass is 32.1. The van der Waals surface area contributed by atoms with Crippen LogP contribution in [0.25, 0.3) is 10.2 Å². The molecular weight excluding hydrogens is 358 g/mol. The molecule has 0 saturated heterocycles. The van der Waals surface area contributed by atoms with Gasteiger partial charge in [0.15, 0.2) is 5.13 Å². The molecule has 0 spiro atoms. The maximum Gasteiger partial charge on any atom is 0.251 e. The maximum atomic E-state index is 12.8. The van der Waals surface area contributed by atoms with E-state index < -0.39 is 6.04 Å². The highest BCUT2D eigenvalue weighted by molar-refractivity contribution is 7.22. The molecule has 6 heteroatoms. The molecule has 3 aromatic rings. The number of benzene rings is 2. The molecule has 3 rings (SSSR count). The summed E-state index contributed by atoms with van der Waals surface area (Å²) < 4.78 is 1.02. The first kappa shape index (κ1) is 19.0. The number of fused-ring (bicyclic) bond motifs is 1. The van der Waals surface area contributed by atoms with Gasteiger partial charge in [0, 0.05) is 5.56 Å². The molecule has 0 saturated carbocycles. The Morgan fingerprint density at radius 1 is 1.07 bits per heavy atom. The predicted octanol–water partition coefficient (Wildman–Crippen LogP) is 4.31. The second kappa shape index (κ2) is 7.88. The average Bonchev–Trinajstić information content (AvgIpc) is 3.03. The first-order valence-electron chi connectivity index (χ1n) is 8.89. The van der Waals surface area contributed by atoms with E-state index in [9.17, 15) is 9.59 Å². The number of hydrogen-bond acceptors (Lipinski definition) is 4. The van der Waals surface area contributed by atoms with Gasteiger partial charge in [0.1, 0.15) is 6.04 Å². The molecule has 0 radical (unpaired) electrons. The number of nitrogens with zero attached hydrogens (tertiary/aromatic N) is 1. The number of carbonyl (C=O) groups is 2. The molecule has 0 aliphatic rings. The minimum absolute atomic E-state index is 0.0603. The Morgan fingerprint density at radius 3 is 2.48 bits per heavy atom. The number of nitrogens with one attached hydrogen (secondary N) is 2. The molecule has 0 fully saturated rings. The van der Waals surface area contributed by atoms with Gasteiger partial charge in [-0.25, -0.2) is 4.98 Å². The van der Waals surface area contributed by atoms with Crippen LogP contribution in [0.15, 0.2) is 42.5 Å². The number of anilines is 1. The van der Waals surface area contributed by atoms with Gasteiger partial charge in [-0.2, -0.15) is 0 Å². The van der Waals surface area contributed by atoms with Gasteiger partial charge in [-0.1, -0.05) is 55.0 Å². The summed E-state index contributed by atoms with van der Waals surface area (Å²) in [5.74, 6) is -0.578. The fourth-order valence-electron chi connectivity index (χ4n) is 2.87. The van der Waals surface area contributed by atoms with E-state index >= 15 is 0 Å². The van der Waals surface area contributed by atoms with Crippen LogP contribution in [0.2, 0.25) is 0 Å². The van der Waals surface area contributed by atoms with Gasteiger partial charge >= 0.3 is 0 Å². The summed E-state index contributed by atoms with van der Waals surface area (Å²) >= 11 is 1.43. The van der Waals surface area contributed by atoms with Crippen LogP contribution < -0.4 is 10.6 Å². The Bertz CT molecular complexity index is 994. The van der Waals surface area contributed by atoms with Crippen LogP contribution in [0.1, 0.15) is 35.3 Å². The molecule has 1 atom stereocenters. The minimum Gasteiger partial charge on any atom is -0.340 e. The van der Waals surface area contributed by atoms with Crippen LogP contribution in [0.5, 0.6) is 0 Å². The lowest BCUT2D eigenvalue weighted by Crippen LogP contribution is -2.47. The van der Waals surface area contributed by atoms with Crippen molar-refractivity contribution >= 4 is 38.5 Å². The van der Waals surface area contributed by atoms with Crippen LogP contribution in [-0.2, 0) is 4.79 Å². The van der Waals surface area contributed by atoms with E-state index in [-0.39, 0.29) is 17.7 Å². The molecule has 2 aromatic carbocycles. The lowest BCUT2D eigenvalue weighted by molar-refractivity contribution is -0.118. The van der Waals surface area contributed by atoms with E-state index in [0.717, 1.165) is 21.3 Å². The number of amides is 2. The molecule has 1 heterocycles. The first-order valence-corrected chi connectivity index (χ1v) is 9.71. The third-order valence-corrected chi connectivity index (χ3v) is 5.30. The second-order valence-electron chi connectivity index (χ2n) is 6.99. The maximum absolute atomic E-state index is 12.8. The fourth-order valence-corrected chi connectivity index (χ4v) is 3.82. The lowest BCUT2D eigenvalue weighted by atomic mass is 10.0. The van der Waals surface area contributed by atoms with E-state index in [2.05, 4.69) is 15.6 Å². The SMILES string of the molecule is Cc1cccc(C(=O)N[C@H](C(=O)Nc2nc3c(C)cccc3s2)C(C)C)c1. The third-order valence-electron chi connectivity index (χ3n) is 4.37. The van der Waals surface area contributed by atoms with Gasteiger partial charge in [-0.05, 0) is 43.5 Å². The van der Waals surface area contributed by atoms with E-state index in [1.165, 1.54) is 11.3 Å². The molecule has 0 aliphatic heterocycles. The van der Waals surface area contributed by atoms with Gasteiger partial charge in [0.05, 0.1) is 10.2 Å². The lowest BCUT2D eigenvalue weighted by Gasteiger charge is -2.21. The van der Waals surface area contributed by atoms with Gasteiger partial charge in [-0.15, -0.1) is 0 Å². The minimum atomic E-state index is -0.647. The highest BCUT2D eigenvalue weighted by Crippen LogP contribution is 2.28. The number of aromatic nitrogens is 1. The average molecular weight is 382 g/mol. The summed E-state index contributed by atoms with van der Waals surface area (Å²) in [4.78, 5) is 29.9. The summed E-state index contributed by atoms with van der Waals surface area (Å²) in [6.45, 7) is 7.73. The van der Waals surface area contributed by atoms with Crippen LogP contribution >= 0.6 is 11.3 Å². The Kier molecular flexibility index (Phi) is 5.56. The van der Waals surface area contributed by atoms with E-state index in [0.29, 0.717) is 10.7 Å².